The molecule has 0 spiro atoms. The Kier molecular flexibility index (Phi) is 5.67. The van der Waals surface area contributed by atoms with E-state index in [9.17, 15) is 0 Å². The van der Waals surface area contributed by atoms with E-state index in [0.717, 1.165) is 35.3 Å². The van der Waals surface area contributed by atoms with Crippen LogP contribution >= 0.6 is 15.9 Å². The van der Waals surface area contributed by atoms with Crippen LogP contribution in [0.4, 0.5) is 0 Å². The molecule has 1 heterocycles. The fraction of sp³-hybridized carbons (Fsp3) is 0.611. The quantitative estimate of drug-likeness (QED) is 0.811. The van der Waals surface area contributed by atoms with E-state index < -0.39 is 0 Å². The lowest BCUT2D eigenvalue weighted by Gasteiger charge is -2.34. The van der Waals surface area contributed by atoms with Gasteiger partial charge in [0.25, 0.3) is 0 Å². The third-order valence-corrected chi connectivity index (χ3v) is 4.66. The van der Waals surface area contributed by atoms with Crippen LogP contribution in [0.25, 0.3) is 5.57 Å². The van der Waals surface area contributed by atoms with E-state index in [1.165, 1.54) is 17.6 Å². The molecule has 0 fully saturated rings. The Morgan fingerprint density at radius 1 is 1.41 bits per heavy atom. The van der Waals surface area contributed by atoms with Gasteiger partial charge in [0.2, 0.25) is 5.88 Å². The summed E-state index contributed by atoms with van der Waals surface area (Å²) < 4.78 is 6.49. The van der Waals surface area contributed by atoms with Crippen molar-refractivity contribution < 1.29 is 4.74 Å². The van der Waals surface area contributed by atoms with Crippen LogP contribution in [0.1, 0.15) is 52.5 Å². The lowest BCUT2D eigenvalue weighted by atomic mass is 9.73. The number of rotatable bonds is 5. The summed E-state index contributed by atoms with van der Waals surface area (Å²) in [7, 11) is 1.69. The molecule has 0 radical (unpaired) electrons. The Bertz CT molecular complexity index is 564. The molecule has 4 heteroatoms. The fourth-order valence-electron chi connectivity index (χ4n) is 3.04. The van der Waals surface area contributed by atoms with Gasteiger partial charge in [-0.15, -0.1) is 0 Å². The summed E-state index contributed by atoms with van der Waals surface area (Å²) in [5, 5.41) is 3.57. The fourth-order valence-corrected chi connectivity index (χ4v) is 3.37. The normalized spacial score (nSPS) is 18.0. The number of nitrogens with one attached hydrogen (secondary N) is 1. The van der Waals surface area contributed by atoms with Gasteiger partial charge in [0, 0.05) is 28.8 Å². The Morgan fingerprint density at radius 3 is 2.77 bits per heavy atom. The van der Waals surface area contributed by atoms with Crippen LogP contribution in [-0.4, -0.2) is 24.7 Å². The molecule has 0 aliphatic heterocycles. The van der Waals surface area contributed by atoms with E-state index in [1.807, 2.05) is 0 Å². The summed E-state index contributed by atoms with van der Waals surface area (Å²) in [6, 6.07) is 2.62. The SMILES string of the molecule is COc1ncc(Br)cc1C1=C(CNC(C)C)CC(C)(C)CC1. The maximum atomic E-state index is 5.49. The van der Waals surface area contributed by atoms with Crippen LogP contribution in [0, 0.1) is 5.41 Å². The number of hydrogen-bond donors (Lipinski definition) is 1. The molecule has 1 aliphatic carbocycles. The first-order valence-corrected chi connectivity index (χ1v) is 8.76. The van der Waals surface area contributed by atoms with Crippen LogP contribution in [0.15, 0.2) is 22.3 Å². The first-order valence-electron chi connectivity index (χ1n) is 7.96. The highest BCUT2D eigenvalue weighted by molar-refractivity contribution is 9.10. The maximum Gasteiger partial charge on any atom is 0.220 e. The van der Waals surface area contributed by atoms with Crippen molar-refractivity contribution in [2.24, 2.45) is 5.41 Å². The first kappa shape index (κ1) is 17.5. The summed E-state index contributed by atoms with van der Waals surface area (Å²) in [6.45, 7) is 10.0. The molecule has 3 nitrogen and oxygen atoms in total. The van der Waals surface area contributed by atoms with Crippen molar-refractivity contribution >= 4 is 21.5 Å². The van der Waals surface area contributed by atoms with E-state index in [2.05, 4.69) is 60.0 Å². The predicted molar refractivity (Wildman–Crippen MR) is 96.2 cm³/mol. The molecule has 0 bridgehead atoms. The van der Waals surface area contributed by atoms with Gasteiger partial charge in [0.05, 0.1) is 7.11 Å². The summed E-state index contributed by atoms with van der Waals surface area (Å²) in [5.74, 6) is 0.722. The second-order valence-electron chi connectivity index (χ2n) is 7.17. The van der Waals surface area contributed by atoms with E-state index in [1.54, 1.807) is 13.3 Å². The molecule has 1 aromatic rings. The topological polar surface area (TPSA) is 34.1 Å². The molecule has 0 saturated carbocycles. The number of hydrogen-bond acceptors (Lipinski definition) is 3. The Labute approximate surface area is 142 Å². The van der Waals surface area contributed by atoms with E-state index in [4.69, 9.17) is 4.74 Å². The minimum absolute atomic E-state index is 0.365. The molecule has 1 N–H and O–H groups in total. The molecule has 1 aromatic heterocycles. The highest BCUT2D eigenvalue weighted by Gasteiger charge is 2.29. The number of methoxy groups -OCH3 is 1. The number of aromatic nitrogens is 1. The molecule has 0 atom stereocenters. The van der Waals surface area contributed by atoms with E-state index in [-0.39, 0.29) is 0 Å². The van der Waals surface area contributed by atoms with Gasteiger partial charge in [-0.2, -0.15) is 0 Å². The molecule has 0 saturated heterocycles. The number of ether oxygens (including phenoxy) is 1. The van der Waals surface area contributed by atoms with Gasteiger partial charge in [-0.1, -0.05) is 33.3 Å². The molecular weight excluding hydrogens is 340 g/mol. The predicted octanol–water partition coefficient (Wildman–Crippen LogP) is 4.81. The average molecular weight is 367 g/mol. The van der Waals surface area contributed by atoms with Crippen LogP contribution in [0.2, 0.25) is 0 Å². The maximum absolute atomic E-state index is 5.49. The number of allylic oxidation sites excluding steroid dienone is 1. The molecule has 122 valence electrons. The Balaban J connectivity index is 2.44. The van der Waals surface area contributed by atoms with Crippen LogP contribution in [0.5, 0.6) is 5.88 Å². The smallest absolute Gasteiger partial charge is 0.220 e. The lowest BCUT2D eigenvalue weighted by Crippen LogP contribution is -2.29. The summed E-state index contributed by atoms with van der Waals surface area (Å²) in [4.78, 5) is 4.41. The van der Waals surface area contributed by atoms with Crippen molar-refractivity contribution in [3.8, 4) is 5.88 Å². The summed E-state index contributed by atoms with van der Waals surface area (Å²) >= 11 is 3.54. The number of pyridine rings is 1. The third kappa shape index (κ3) is 4.32. The van der Waals surface area contributed by atoms with Crippen molar-refractivity contribution in [2.75, 3.05) is 13.7 Å². The monoisotopic (exact) mass is 366 g/mol. The number of nitrogens with zero attached hydrogens (tertiary/aromatic N) is 1. The Hall–Kier alpha value is -0.870. The zero-order valence-electron chi connectivity index (χ0n) is 14.3. The van der Waals surface area contributed by atoms with E-state index in [0.29, 0.717) is 11.5 Å². The zero-order valence-corrected chi connectivity index (χ0v) is 15.9. The molecule has 22 heavy (non-hydrogen) atoms. The first-order chi connectivity index (χ1) is 10.3. The average Bonchev–Trinajstić information content (AvgIpc) is 2.44. The third-order valence-electron chi connectivity index (χ3n) is 4.23. The van der Waals surface area contributed by atoms with Gasteiger partial charge in [0.15, 0.2) is 0 Å². The van der Waals surface area contributed by atoms with Crippen molar-refractivity contribution in [3.63, 3.8) is 0 Å². The van der Waals surface area contributed by atoms with Gasteiger partial charge in [-0.25, -0.2) is 4.98 Å². The van der Waals surface area contributed by atoms with Crippen molar-refractivity contribution in [1.29, 1.82) is 0 Å². The molecule has 0 unspecified atom stereocenters. The molecule has 0 aromatic carbocycles. The van der Waals surface area contributed by atoms with Crippen molar-refractivity contribution in [1.82, 2.24) is 10.3 Å². The highest BCUT2D eigenvalue weighted by atomic mass is 79.9. The van der Waals surface area contributed by atoms with Crippen LogP contribution < -0.4 is 10.1 Å². The van der Waals surface area contributed by atoms with Gasteiger partial charge < -0.3 is 10.1 Å². The largest absolute Gasteiger partial charge is 0.481 e. The van der Waals surface area contributed by atoms with Gasteiger partial charge in [0.1, 0.15) is 0 Å². The molecule has 0 amide bonds. The van der Waals surface area contributed by atoms with Crippen LogP contribution in [-0.2, 0) is 0 Å². The van der Waals surface area contributed by atoms with E-state index >= 15 is 0 Å². The lowest BCUT2D eigenvalue weighted by molar-refractivity contribution is 0.319. The standard InChI is InChI=1S/C18H27BrN2O/c1-12(2)20-10-13-9-18(3,4)7-6-15(13)16-8-14(19)11-21-17(16)22-5/h8,11-12,20H,6-7,9-10H2,1-5H3. The van der Waals surface area contributed by atoms with Crippen LogP contribution in [0.3, 0.4) is 0 Å². The van der Waals surface area contributed by atoms with Gasteiger partial charge >= 0.3 is 0 Å². The summed E-state index contributed by atoms with van der Waals surface area (Å²) in [6.07, 6.45) is 5.19. The van der Waals surface area contributed by atoms with Crippen molar-refractivity contribution in [2.45, 2.75) is 53.0 Å². The Morgan fingerprint density at radius 2 is 2.14 bits per heavy atom. The second-order valence-corrected chi connectivity index (χ2v) is 8.08. The van der Waals surface area contributed by atoms with Gasteiger partial charge in [-0.3, -0.25) is 0 Å². The molecule has 2 rings (SSSR count). The minimum atomic E-state index is 0.365. The van der Waals surface area contributed by atoms with Crippen molar-refractivity contribution in [3.05, 3.63) is 27.9 Å². The molecular formula is C18H27BrN2O. The zero-order chi connectivity index (χ0) is 16.3. The second kappa shape index (κ2) is 7.14. The number of halogens is 1. The molecule has 1 aliphatic rings. The summed E-state index contributed by atoms with van der Waals surface area (Å²) in [5.41, 5.74) is 4.39. The van der Waals surface area contributed by atoms with Gasteiger partial charge in [-0.05, 0) is 52.2 Å². The highest BCUT2D eigenvalue weighted by Crippen LogP contribution is 2.44. The minimum Gasteiger partial charge on any atom is -0.481 e.